The molecule has 3 rings (SSSR count). The first-order chi connectivity index (χ1) is 15.7. The second-order valence-corrected chi connectivity index (χ2v) is 6.95. The Hall–Kier alpha value is -4.21. The topological polar surface area (TPSA) is 93.8 Å². The van der Waals surface area contributed by atoms with Crippen molar-refractivity contribution in [2.75, 3.05) is 0 Å². The summed E-state index contributed by atoms with van der Waals surface area (Å²) in [4.78, 5) is 22.1. The molecule has 1 N–H and O–H groups in total. The van der Waals surface area contributed by atoms with E-state index in [1.807, 2.05) is 0 Å². The Morgan fingerprint density at radius 3 is 2.36 bits per heavy atom. The lowest BCUT2D eigenvalue weighted by atomic mass is 10.1. The van der Waals surface area contributed by atoms with Crippen molar-refractivity contribution in [3.05, 3.63) is 105 Å². The number of alkyl halides is 3. The predicted molar refractivity (Wildman–Crippen MR) is 115 cm³/mol. The number of nitrogens with zero attached hydrogens (tertiary/aromatic N) is 2. The molecule has 7 nitrogen and oxygen atoms in total. The van der Waals surface area contributed by atoms with Gasteiger partial charge in [0.1, 0.15) is 12.4 Å². The van der Waals surface area contributed by atoms with Gasteiger partial charge in [0.15, 0.2) is 0 Å². The summed E-state index contributed by atoms with van der Waals surface area (Å²) in [6.45, 7) is 0.233. The lowest BCUT2D eigenvalue weighted by molar-refractivity contribution is -0.384. The lowest BCUT2D eigenvalue weighted by Crippen LogP contribution is -2.20. The maximum atomic E-state index is 12.7. The molecule has 0 unspecified atom stereocenters. The van der Waals surface area contributed by atoms with Crippen LogP contribution in [-0.4, -0.2) is 17.0 Å². The Balaban J connectivity index is 1.48. The number of rotatable bonds is 8. The average molecular weight is 457 g/mol. The molecule has 0 saturated heterocycles. The van der Waals surface area contributed by atoms with Gasteiger partial charge in [-0.1, -0.05) is 18.2 Å². The highest BCUT2D eigenvalue weighted by atomic mass is 19.4. The molecule has 3 aromatic rings. The zero-order valence-corrected chi connectivity index (χ0v) is 17.1. The van der Waals surface area contributed by atoms with Gasteiger partial charge in [-0.15, -0.1) is 0 Å². The highest BCUT2D eigenvalue weighted by molar-refractivity contribution is 5.83. The summed E-state index contributed by atoms with van der Waals surface area (Å²) in [5.74, 6) is 0.0210. The predicted octanol–water partition coefficient (Wildman–Crippen LogP) is 4.89. The molecule has 0 bridgehead atoms. The quantitative estimate of drug-likeness (QED) is 0.296. The van der Waals surface area contributed by atoms with Crippen molar-refractivity contribution in [3.63, 3.8) is 0 Å². The number of carbonyl (C=O) groups is 1. The SMILES string of the molecule is O=C(Cc1cccc(C(F)(F)F)c1)N/N=C\c1ccc(OCc2ccc([N+](=O)[O-])cc2)cc1. The second-order valence-electron chi connectivity index (χ2n) is 6.95. The Bertz CT molecular complexity index is 1140. The maximum Gasteiger partial charge on any atom is 0.416 e. The van der Waals surface area contributed by atoms with Gasteiger partial charge in [-0.05, 0) is 59.2 Å². The van der Waals surface area contributed by atoms with Gasteiger partial charge in [-0.2, -0.15) is 18.3 Å². The van der Waals surface area contributed by atoms with Crippen LogP contribution in [-0.2, 0) is 24.0 Å². The fourth-order valence-electron chi connectivity index (χ4n) is 2.79. The van der Waals surface area contributed by atoms with Crippen LogP contribution in [0.15, 0.2) is 77.9 Å². The van der Waals surface area contributed by atoms with E-state index in [9.17, 15) is 28.1 Å². The molecule has 0 saturated carbocycles. The molecule has 0 aliphatic heterocycles. The van der Waals surface area contributed by atoms with E-state index < -0.39 is 22.6 Å². The van der Waals surface area contributed by atoms with Crippen LogP contribution in [0.2, 0.25) is 0 Å². The molecule has 0 atom stereocenters. The van der Waals surface area contributed by atoms with Crippen LogP contribution >= 0.6 is 0 Å². The summed E-state index contributed by atoms with van der Waals surface area (Å²) in [7, 11) is 0. The molecule has 0 heterocycles. The first-order valence-corrected chi connectivity index (χ1v) is 9.65. The molecular weight excluding hydrogens is 439 g/mol. The lowest BCUT2D eigenvalue weighted by Gasteiger charge is -2.08. The van der Waals surface area contributed by atoms with E-state index >= 15 is 0 Å². The first-order valence-electron chi connectivity index (χ1n) is 9.65. The van der Waals surface area contributed by atoms with Crippen molar-refractivity contribution in [1.29, 1.82) is 0 Å². The van der Waals surface area contributed by atoms with Gasteiger partial charge in [0.25, 0.3) is 5.69 Å². The molecule has 0 aromatic heterocycles. The Labute approximate surface area is 186 Å². The number of halogens is 3. The van der Waals surface area contributed by atoms with Crippen LogP contribution in [0.5, 0.6) is 5.75 Å². The molecule has 33 heavy (non-hydrogen) atoms. The largest absolute Gasteiger partial charge is 0.489 e. The highest BCUT2D eigenvalue weighted by Crippen LogP contribution is 2.29. The van der Waals surface area contributed by atoms with Gasteiger partial charge in [-0.3, -0.25) is 14.9 Å². The van der Waals surface area contributed by atoms with Crippen LogP contribution in [0, 0.1) is 10.1 Å². The van der Waals surface area contributed by atoms with Crippen LogP contribution in [0.4, 0.5) is 18.9 Å². The van der Waals surface area contributed by atoms with Gasteiger partial charge in [0.05, 0.1) is 23.1 Å². The van der Waals surface area contributed by atoms with Crippen LogP contribution in [0.3, 0.4) is 0 Å². The number of hydrogen-bond acceptors (Lipinski definition) is 5. The van der Waals surface area contributed by atoms with Crippen molar-refractivity contribution >= 4 is 17.8 Å². The summed E-state index contributed by atoms with van der Waals surface area (Å²) >= 11 is 0. The van der Waals surface area contributed by atoms with Crippen molar-refractivity contribution in [2.24, 2.45) is 5.10 Å². The maximum absolute atomic E-state index is 12.7. The number of amides is 1. The van der Waals surface area contributed by atoms with Gasteiger partial charge in [-0.25, -0.2) is 5.43 Å². The second kappa shape index (κ2) is 10.4. The summed E-state index contributed by atoms with van der Waals surface area (Å²) in [5.41, 5.74) is 3.14. The van der Waals surface area contributed by atoms with E-state index in [0.717, 1.165) is 17.7 Å². The zero-order chi connectivity index (χ0) is 23.8. The van der Waals surface area contributed by atoms with Crippen molar-refractivity contribution in [2.45, 2.75) is 19.2 Å². The standard InChI is InChI=1S/C23H18F3N3O4/c24-23(25,26)19-3-1-2-18(12-19)13-22(30)28-27-14-16-6-10-21(11-7-16)33-15-17-4-8-20(9-5-17)29(31)32/h1-12,14H,13,15H2,(H,28,30)/b27-14-. The van der Waals surface area contributed by atoms with E-state index in [2.05, 4.69) is 10.5 Å². The van der Waals surface area contributed by atoms with Crippen LogP contribution in [0.25, 0.3) is 0 Å². The zero-order valence-electron chi connectivity index (χ0n) is 17.1. The number of nitrogens with one attached hydrogen (secondary N) is 1. The third kappa shape index (κ3) is 7.17. The Morgan fingerprint density at radius 1 is 1.03 bits per heavy atom. The smallest absolute Gasteiger partial charge is 0.416 e. The fourth-order valence-corrected chi connectivity index (χ4v) is 2.79. The Kier molecular flexibility index (Phi) is 7.39. The minimum atomic E-state index is -4.47. The summed E-state index contributed by atoms with van der Waals surface area (Å²) in [6.07, 6.45) is -3.32. The molecule has 0 spiro atoms. The summed E-state index contributed by atoms with van der Waals surface area (Å²) < 4.78 is 43.9. The third-order valence-electron chi connectivity index (χ3n) is 4.45. The van der Waals surface area contributed by atoms with Crippen molar-refractivity contribution < 1.29 is 27.6 Å². The number of nitro benzene ring substituents is 1. The highest BCUT2D eigenvalue weighted by Gasteiger charge is 2.30. The molecule has 0 radical (unpaired) electrons. The van der Waals surface area contributed by atoms with Gasteiger partial charge < -0.3 is 4.74 Å². The van der Waals surface area contributed by atoms with E-state index in [4.69, 9.17) is 4.74 Å². The van der Waals surface area contributed by atoms with Crippen LogP contribution < -0.4 is 10.2 Å². The normalized spacial score (nSPS) is 11.4. The number of non-ortho nitro benzene ring substituents is 1. The van der Waals surface area contributed by atoms with Gasteiger partial charge in [0.2, 0.25) is 5.91 Å². The van der Waals surface area contributed by atoms with E-state index in [1.165, 1.54) is 30.5 Å². The number of nitro groups is 1. The Morgan fingerprint density at radius 2 is 1.73 bits per heavy atom. The fraction of sp³-hybridized carbons (Fsp3) is 0.130. The molecular formula is C23H18F3N3O4. The van der Waals surface area contributed by atoms with E-state index in [1.54, 1.807) is 36.4 Å². The van der Waals surface area contributed by atoms with E-state index in [0.29, 0.717) is 11.3 Å². The van der Waals surface area contributed by atoms with Crippen LogP contribution in [0.1, 0.15) is 22.3 Å². The number of benzene rings is 3. The van der Waals surface area contributed by atoms with Crippen molar-refractivity contribution in [1.82, 2.24) is 5.43 Å². The van der Waals surface area contributed by atoms with Crippen molar-refractivity contribution in [3.8, 4) is 5.75 Å². The number of ether oxygens (including phenoxy) is 1. The monoisotopic (exact) mass is 457 g/mol. The van der Waals surface area contributed by atoms with Gasteiger partial charge >= 0.3 is 6.18 Å². The van der Waals surface area contributed by atoms with E-state index in [-0.39, 0.29) is 24.3 Å². The summed E-state index contributed by atoms with van der Waals surface area (Å²) in [5, 5.41) is 14.5. The minimum absolute atomic E-state index is 0.00399. The minimum Gasteiger partial charge on any atom is -0.489 e. The summed E-state index contributed by atoms with van der Waals surface area (Å²) in [6, 6.07) is 17.4. The molecule has 0 aliphatic carbocycles. The average Bonchev–Trinajstić information content (AvgIpc) is 2.78. The first kappa shape index (κ1) is 23.5. The molecule has 3 aromatic carbocycles. The number of carbonyl (C=O) groups excluding carboxylic acids is 1. The molecule has 0 aliphatic rings. The molecule has 170 valence electrons. The number of hydrogen-bond donors (Lipinski definition) is 1. The molecule has 1 amide bonds. The number of hydrazone groups is 1. The van der Waals surface area contributed by atoms with Gasteiger partial charge in [0, 0.05) is 12.1 Å². The third-order valence-corrected chi connectivity index (χ3v) is 4.45. The molecule has 0 fully saturated rings. The molecule has 10 heteroatoms.